The molecule has 1 aromatic rings. The molecular formula is C12H17N3O. The third-order valence-corrected chi connectivity index (χ3v) is 2.88. The van der Waals surface area contributed by atoms with Gasteiger partial charge in [-0.2, -0.15) is 0 Å². The maximum Gasteiger partial charge on any atom is 0.321 e. The summed E-state index contributed by atoms with van der Waals surface area (Å²) in [5, 5.41) is 2.88. The van der Waals surface area contributed by atoms with Crippen molar-refractivity contribution in [3.63, 3.8) is 0 Å². The van der Waals surface area contributed by atoms with Gasteiger partial charge in [0.2, 0.25) is 0 Å². The summed E-state index contributed by atoms with van der Waals surface area (Å²) >= 11 is 0. The second kappa shape index (κ2) is 4.96. The number of carbonyl (C=O) groups excluding carboxylic acids is 1. The van der Waals surface area contributed by atoms with Gasteiger partial charge in [0.15, 0.2) is 0 Å². The minimum Gasteiger partial charge on any atom is -0.324 e. The molecule has 1 saturated heterocycles. The van der Waals surface area contributed by atoms with Crippen LogP contribution in [0.25, 0.3) is 0 Å². The third-order valence-electron chi connectivity index (χ3n) is 2.88. The highest BCUT2D eigenvalue weighted by Crippen LogP contribution is 2.16. The highest BCUT2D eigenvalue weighted by molar-refractivity contribution is 5.89. The fraction of sp³-hybridized carbons (Fsp3) is 0.500. The van der Waals surface area contributed by atoms with E-state index in [2.05, 4.69) is 17.2 Å². The number of nitrogens with zero attached hydrogens (tertiary/aromatic N) is 2. The summed E-state index contributed by atoms with van der Waals surface area (Å²) < 4.78 is 0. The Morgan fingerprint density at radius 2 is 2.25 bits per heavy atom. The van der Waals surface area contributed by atoms with Crippen LogP contribution in [0.2, 0.25) is 0 Å². The molecular weight excluding hydrogens is 202 g/mol. The number of hydrogen-bond donors (Lipinski definition) is 1. The molecule has 1 atom stereocenters. The van der Waals surface area contributed by atoms with Gasteiger partial charge in [-0.3, -0.25) is 4.98 Å². The zero-order valence-corrected chi connectivity index (χ0v) is 9.52. The van der Waals surface area contributed by atoms with E-state index in [4.69, 9.17) is 0 Å². The van der Waals surface area contributed by atoms with Crippen LogP contribution in [0.4, 0.5) is 10.5 Å². The van der Waals surface area contributed by atoms with Crippen molar-refractivity contribution in [2.24, 2.45) is 5.92 Å². The molecule has 1 fully saturated rings. The Morgan fingerprint density at radius 1 is 1.50 bits per heavy atom. The van der Waals surface area contributed by atoms with Crippen molar-refractivity contribution in [2.75, 3.05) is 18.4 Å². The van der Waals surface area contributed by atoms with E-state index in [1.54, 1.807) is 24.5 Å². The molecule has 0 aromatic carbocycles. The fourth-order valence-electron chi connectivity index (χ4n) is 2.01. The van der Waals surface area contributed by atoms with Crippen molar-refractivity contribution in [3.8, 4) is 0 Å². The number of hydrogen-bond acceptors (Lipinski definition) is 2. The molecule has 1 aliphatic rings. The van der Waals surface area contributed by atoms with Crippen LogP contribution in [-0.2, 0) is 0 Å². The lowest BCUT2D eigenvalue weighted by atomic mass is 10.0. The molecule has 1 aromatic heterocycles. The van der Waals surface area contributed by atoms with Gasteiger partial charge in [0.25, 0.3) is 0 Å². The van der Waals surface area contributed by atoms with Crippen molar-refractivity contribution >= 4 is 11.7 Å². The number of piperidine rings is 1. The number of likely N-dealkylation sites (tertiary alicyclic amines) is 1. The van der Waals surface area contributed by atoms with Crippen LogP contribution in [0.15, 0.2) is 24.5 Å². The predicted octanol–water partition coefficient (Wildman–Crippen LogP) is 2.35. The molecule has 2 rings (SSSR count). The molecule has 2 heterocycles. The number of rotatable bonds is 1. The minimum absolute atomic E-state index is 0.00208. The van der Waals surface area contributed by atoms with Crippen LogP contribution in [0.1, 0.15) is 19.8 Å². The first-order chi connectivity index (χ1) is 7.75. The van der Waals surface area contributed by atoms with Crippen molar-refractivity contribution in [3.05, 3.63) is 24.5 Å². The van der Waals surface area contributed by atoms with Crippen LogP contribution < -0.4 is 5.32 Å². The van der Waals surface area contributed by atoms with Crippen molar-refractivity contribution in [2.45, 2.75) is 19.8 Å². The highest BCUT2D eigenvalue weighted by Gasteiger charge is 2.20. The van der Waals surface area contributed by atoms with Gasteiger partial charge < -0.3 is 10.2 Å². The van der Waals surface area contributed by atoms with Crippen LogP contribution in [-0.4, -0.2) is 29.0 Å². The Labute approximate surface area is 95.7 Å². The fourth-order valence-corrected chi connectivity index (χ4v) is 2.01. The number of amides is 2. The number of aromatic nitrogens is 1. The van der Waals surface area contributed by atoms with E-state index in [9.17, 15) is 4.79 Å². The molecule has 1 unspecified atom stereocenters. The second-order valence-corrected chi connectivity index (χ2v) is 4.36. The predicted molar refractivity (Wildman–Crippen MR) is 63.2 cm³/mol. The van der Waals surface area contributed by atoms with Gasteiger partial charge in [-0.05, 0) is 30.9 Å². The van der Waals surface area contributed by atoms with Crippen LogP contribution in [0, 0.1) is 5.92 Å². The number of anilines is 1. The van der Waals surface area contributed by atoms with E-state index in [1.807, 2.05) is 4.90 Å². The molecule has 0 saturated carbocycles. The van der Waals surface area contributed by atoms with Crippen LogP contribution in [0.5, 0.6) is 0 Å². The van der Waals surface area contributed by atoms with E-state index in [1.165, 1.54) is 6.42 Å². The lowest BCUT2D eigenvalue weighted by Gasteiger charge is -2.30. The Balaban J connectivity index is 1.93. The quantitative estimate of drug-likeness (QED) is 0.788. The maximum absolute atomic E-state index is 11.9. The zero-order chi connectivity index (χ0) is 11.4. The summed E-state index contributed by atoms with van der Waals surface area (Å²) in [4.78, 5) is 17.7. The third kappa shape index (κ3) is 2.72. The van der Waals surface area contributed by atoms with Crippen molar-refractivity contribution in [1.82, 2.24) is 9.88 Å². The Kier molecular flexibility index (Phi) is 3.39. The van der Waals surface area contributed by atoms with Crippen LogP contribution in [0.3, 0.4) is 0 Å². The molecule has 0 aliphatic carbocycles. The average Bonchev–Trinajstić information content (AvgIpc) is 2.30. The van der Waals surface area contributed by atoms with Gasteiger partial charge in [-0.1, -0.05) is 6.92 Å². The molecule has 1 N–H and O–H groups in total. The average molecular weight is 219 g/mol. The van der Waals surface area contributed by atoms with Gasteiger partial charge >= 0.3 is 6.03 Å². The first-order valence-electron chi connectivity index (χ1n) is 5.71. The van der Waals surface area contributed by atoms with Crippen molar-refractivity contribution in [1.29, 1.82) is 0 Å². The monoisotopic (exact) mass is 219 g/mol. The molecule has 4 heteroatoms. The van der Waals surface area contributed by atoms with Gasteiger partial charge in [-0.25, -0.2) is 4.79 Å². The molecule has 4 nitrogen and oxygen atoms in total. The van der Waals surface area contributed by atoms with Gasteiger partial charge in [0.1, 0.15) is 0 Å². The van der Waals surface area contributed by atoms with E-state index < -0.39 is 0 Å². The largest absolute Gasteiger partial charge is 0.324 e. The summed E-state index contributed by atoms with van der Waals surface area (Å²) in [5.74, 6) is 0.608. The molecule has 86 valence electrons. The van der Waals surface area contributed by atoms with Crippen LogP contribution >= 0.6 is 0 Å². The first-order valence-corrected chi connectivity index (χ1v) is 5.71. The number of carbonyl (C=O) groups is 1. The van der Waals surface area contributed by atoms with E-state index in [-0.39, 0.29) is 6.03 Å². The summed E-state index contributed by atoms with van der Waals surface area (Å²) in [6.07, 6.45) is 5.67. The Morgan fingerprint density at radius 3 is 2.94 bits per heavy atom. The van der Waals surface area contributed by atoms with Crippen molar-refractivity contribution < 1.29 is 4.79 Å². The minimum atomic E-state index is -0.00208. The van der Waals surface area contributed by atoms with Gasteiger partial charge in [0, 0.05) is 31.2 Å². The molecule has 0 spiro atoms. The summed E-state index contributed by atoms with van der Waals surface area (Å²) in [6, 6.07) is 3.59. The Hall–Kier alpha value is -1.58. The number of pyridine rings is 1. The smallest absolute Gasteiger partial charge is 0.321 e. The summed E-state index contributed by atoms with van der Waals surface area (Å²) in [5.41, 5.74) is 0.804. The maximum atomic E-state index is 11.9. The molecule has 16 heavy (non-hydrogen) atoms. The number of urea groups is 1. The normalized spacial score (nSPS) is 20.6. The molecule has 0 radical (unpaired) electrons. The van der Waals surface area contributed by atoms with E-state index in [0.717, 1.165) is 25.2 Å². The van der Waals surface area contributed by atoms with Gasteiger partial charge in [-0.15, -0.1) is 0 Å². The lowest BCUT2D eigenvalue weighted by molar-refractivity contribution is 0.182. The Bertz CT molecular complexity index is 353. The van der Waals surface area contributed by atoms with Gasteiger partial charge in [0.05, 0.1) is 0 Å². The highest BCUT2D eigenvalue weighted by atomic mass is 16.2. The topological polar surface area (TPSA) is 45.2 Å². The number of nitrogens with one attached hydrogen (secondary N) is 1. The standard InChI is InChI=1S/C12H17N3O/c1-10-3-2-8-15(9-10)12(16)14-11-4-6-13-7-5-11/h4-7,10H,2-3,8-9H2,1H3,(H,13,14,16). The summed E-state index contributed by atoms with van der Waals surface area (Å²) in [6.45, 7) is 3.91. The first kappa shape index (κ1) is 10.9. The SMILES string of the molecule is CC1CCCN(C(=O)Nc2ccncc2)C1. The second-order valence-electron chi connectivity index (χ2n) is 4.36. The molecule has 1 aliphatic heterocycles. The molecule has 0 bridgehead atoms. The van der Waals surface area contributed by atoms with E-state index in [0.29, 0.717) is 5.92 Å². The molecule has 2 amide bonds. The zero-order valence-electron chi connectivity index (χ0n) is 9.52. The van der Waals surface area contributed by atoms with E-state index >= 15 is 0 Å². The summed E-state index contributed by atoms with van der Waals surface area (Å²) in [7, 11) is 0. The lowest BCUT2D eigenvalue weighted by Crippen LogP contribution is -2.41.